The highest BCUT2D eigenvalue weighted by Gasteiger charge is 2.27. The number of hydrogen-bond acceptors (Lipinski definition) is 4. The van der Waals surface area contributed by atoms with Crippen LogP contribution in [0.5, 0.6) is 0 Å². The molecular formula is C17H19N3O3S. The van der Waals surface area contributed by atoms with Crippen LogP contribution < -0.4 is 9.62 Å². The van der Waals surface area contributed by atoms with E-state index < -0.39 is 10.0 Å². The Balaban J connectivity index is 1.83. The fraction of sp³-hybridized carbons (Fsp3) is 0.294. The Labute approximate surface area is 141 Å². The van der Waals surface area contributed by atoms with Crippen LogP contribution in [0.3, 0.4) is 0 Å². The second kappa shape index (κ2) is 6.60. The molecule has 0 saturated carbocycles. The molecule has 1 aromatic carbocycles. The summed E-state index contributed by atoms with van der Waals surface area (Å²) >= 11 is 0. The quantitative estimate of drug-likeness (QED) is 0.927. The van der Waals surface area contributed by atoms with Crippen LogP contribution in [0.25, 0.3) is 0 Å². The number of hydrogen-bond donors (Lipinski definition) is 1. The number of pyridine rings is 1. The number of amides is 1. The first-order valence-electron chi connectivity index (χ1n) is 7.81. The molecule has 1 saturated heterocycles. The average molecular weight is 345 g/mol. The molecule has 0 unspecified atom stereocenters. The van der Waals surface area contributed by atoms with E-state index in [1.165, 1.54) is 4.31 Å². The third-order valence-electron chi connectivity index (χ3n) is 3.98. The molecule has 126 valence electrons. The van der Waals surface area contributed by atoms with Gasteiger partial charge < -0.3 is 5.32 Å². The Morgan fingerprint density at radius 2 is 2.04 bits per heavy atom. The molecule has 0 aliphatic carbocycles. The minimum absolute atomic E-state index is 0.175. The molecule has 1 aliphatic heterocycles. The average Bonchev–Trinajstić information content (AvgIpc) is 2.56. The van der Waals surface area contributed by atoms with E-state index in [0.717, 1.165) is 12.0 Å². The van der Waals surface area contributed by atoms with Gasteiger partial charge in [0.1, 0.15) is 5.82 Å². The number of sulfonamides is 1. The Bertz CT molecular complexity index is 851. The molecule has 24 heavy (non-hydrogen) atoms. The summed E-state index contributed by atoms with van der Waals surface area (Å²) < 4.78 is 25.9. The van der Waals surface area contributed by atoms with Crippen molar-refractivity contribution in [3.05, 3.63) is 53.7 Å². The van der Waals surface area contributed by atoms with Gasteiger partial charge in [0.25, 0.3) is 5.91 Å². The largest absolute Gasteiger partial charge is 0.307 e. The summed E-state index contributed by atoms with van der Waals surface area (Å²) in [6.45, 7) is 2.31. The van der Waals surface area contributed by atoms with Crippen LogP contribution >= 0.6 is 0 Å². The van der Waals surface area contributed by atoms with Crippen molar-refractivity contribution in [2.45, 2.75) is 19.8 Å². The van der Waals surface area contributed by atoms with Crippen LogP contribution in [-0.4, -0.2) is 31.6 Å². The molecule has 1 amide bonds. The molecule has 1 fully saturated rings. The Morgan fingerprint density at radius 3 is 2.71 bits per heavy atom. The van der Waals surface area contributed by atoms with E-state index in [1.54, 1.807) is 42.6 Å². The minimum Gasteiger partial charge on any atom is -0.307 e. The van der Waals surface area contributed by atoms with Gasteiger partial charge in [-0.2, -0.15) is 0 Å². The van der Waals surface area contributed by atoms with Crippen LogP contribution in [0.15, 0.2) is 42.6 Å². The number of aromatic nitrogens is 1. The number of rotatable bonds is 3. The predicted octanol–water partition coefficient (Wildman–Crippen LogP) is 2.57. The number of carbonyl (C=O) groups excluding carboxylic acids is 1. The highest BCUT2D eigenvalue weighted by Crippen LogP contribution is 2.27. The maximum absolute atomic E-state index is 12.3. The van der Waals surface area contributed by atoms with Gasteiger partial charge in [-0.15, -0.1) is 0 Å². The van der Waals surface area contributed by atoms with Crippen molar-refractivity contribution in [1.82, 2.24) is 4.98 Å². The molecular weight excluding hydrogens is 326 g/mol. The molecule has 1 aromatic heterocycles. The lowest BCUT2D eigenvalue weighted by Gasteiger charge is -2.29. The van der Waals surface area contributed by atoms with Gasteiger partial charge in [-0.1, -0.05) is 6.07 Å². The zero-order valence-corrected chi connectivity index (χ0v) is 14.2. The number of nitrogens with one attached hydrogen (secondary N) is 1. The van der Waals surface area contributed by atoms with Gasteiger partial charge in [0, 0.05) is 18.3 Å². The van der Waals surface area contributed by atoms with Crippen molar-refractivity contribution >= 4 is 27.4 Å². The number of aryl methyl sites for hydroxylation is 1. The molecule has 2 heterocycles. The Hall–Kier alpha value is -2.41. The number of benzene rings is 1. The van der Waals surface area contributed by atoms with E-state index in [2.05, 4.69) is 10.3 Å². The fourth-order valence-corrected chi connectivity index (χ4v) is 4.46. The summed E-state index contributed by atoms with van der Waals surface area (Å²) in [6, 6.07) is 10.3. The Morgan fingerprint density at radius 1 is 1.21 bits per heavy atom. The van der Waals surface area contributed by atoms with Crippen molar-refractivity contribution in [3.63, 3.8) is 0 Å². The number of nitrogens with zero attached hydrogens (tertiary/aromatic N) is 2. The molecule has 0 radical (unpaired) electrons. The zero-order chi connectivity index (χ0) is 17.2. The van der Waals surface area contributed by atoms with Crippen LogP contribution in [0.2, 0.25) is 0 Å². The van der Waals surface area contributed by atoms with Gasteiger partial charge in [0.2, 0.25) is 10.0 Å². The molecule has 1 N–H and O–H groups in total. The van der Waals surface area contributed by atoms with Gasteiger partial charge in [0.15, 0.2) is 0 Å². The normalized spacial score (nSPS) is 16.6. The van der Waals surface area contributed by atoms with E-state index >= 15 is 0 Å². The fourth-order valence-electron chi connectivity index (χ4n) is 2.76. The lowest BCUT2D eigenvalue weighted by Crippen LogP contribution is -2.38. The second-order valence-corrected chi connectivity index (χ2v) is 7.78. The van der Waals surface area contributed by atoms with Crippen LogP contribution in [0.4, 0.5) is 11.5 Å². The summed E-state index contributed by atoms with van der Waals surface area (Å²) in [6.07, 6.45) is 3.15. The van der Waals surface area contributed by atoms with Crippen molar-refractivity contribution in [2.75, 3.05) is 21.9 Å². The summed E-state index contributed by atoms with van der Waals surface area (Å²) in [4.78, 5) is 16.4. The smallest absolute Gasteiger partial charge is 0.256 e. The van der Waals surface area contributed by atoms with Crippen LogP contribution in [0, 0.1) is 6.92 Å². The second-order valence-electron chi connectivity index (χ2n) is 5.77. The van der Waals surface area contributed by atoms with E-state index in [1.807, 2.05) is 6.92 Å². The molecule has 1 aliphatic rings. The Kier molecular flexibility index (Phi) is 4.53. The number of anilines is 2. The first kappa shape index (κ1) is 16.4. The van der Waals surface area contributed by atoms with Gasteiger partial charge in [0.05, 0.1) is 11.4 Å². The third kappa shape index (κ3) is 3.41. The van der Waals surface area contributed by atoms with E-state index in [-0.39, 0.29) is 11.7 Å². The highest BCUT2D eigenvalue weighted by molar-refractivity contribution is 7.92. The first-order chi connectivity index (χ1) is 11.5. The maximum atomic E-state index is 12.3. The third-order valence-corrected chi connectivity index (χ3v) is 5.84. The molecule has 2 aromatic rings. The zero-order valence-electron chi connectivity index (χ0n) is 13.4. The SMILES string of the molecule is Cc1cc(C(=O)Nc2ccccn2)ccc1N1CCCCS1(=O)=O. The monoisotopic (exact) mass is 345 g/mol. The lowest BCUT2D eigenvalue weighted by atomic mass is 10.1. The highest BCUT2D eigenvalue weighted by atomic mass is 32.2. The molecule has 0 spiro atoms. The lowest BCUT2D eigenvalue weighted by molar-refractivity contribution is 0.102. The minimum atomic E-state index is -3.26. The maximum Gasteiger partial charge on any atom is 0.256 e. The summed E-state index contributed by atoms with van der Waals surface area (Å²) in [5.74, 6) is 0.377. The molecule has 0 bridgehead atoms. The standard InChI is InChI=1S/C17H19N3O3S/c1-13-12-14(17(21)19-16-6-2-3-9-18-16)7-8-15(13)20-10-4-5-11-24(20,22)23/h2-3,6-9,12H,4-5,10-11H2,1H3,(H,18,19,21). The van der Waals surface area contributed by atoms with E-state index in [9.17, 15) is 13.2 Å². The van der Waals surface area contributed by atoms with Gasteiger partial charge in [-0.05, 0) is 55.7 Å². The van der Waals surface area contributed by atoms with E-state index in [0.29, 0.717) is 30.0 Å². The molecule has 3 rings (SSSR count). The molecule has 6 nitrogen and oxygen atoms in total. The van der Waals surface area contributed by atoms with Gasteiger partial charge >= 0.3 is 0 Å². The molecule has 7 heteroatoms. The summed E-state index contributed by atoms with van der Waals surface area (Å²) in [5.41, 5.74) is 1.87. The molecule has 0 atom stereocenters. The van der Waals surface area contributed by atoms with Crippen molar-refractivity contribution in [1.29, 1.82) is 0 Å². The number of carbonyl (C=O) groups is 1. The van der Waals surface area contributed by atoms with Crippen molar-refractivity contribution in [3.8, 4) is 0 Å². The van der Waals surface area contributed by atoms with Gasteiger partial charge in [-0.3, -0.25) is 9.10 Å². The first-order valence-corrected chi connectivity index (χ1v) is 9.42. The van der Waals surface area contributed by atoms with Crippen molar-refractivity contribution < 1.29 is 13.2 Å². The van der Waals surface area contributed by atoms with Crippen LogP contribution in [0.1, 0.15) is 28.8 Å². The summed E-state index contributed by atoms with van der Waals surface area (Å²) in [5, 5.41) is 2.72. The topological polar surface area (TPSA) is 79.4 Å². The van der Waals surface area contributed by atoms with Gasteiger partial charge in [-0.25, -0.2) is 13.4 Å². The summed E-state index contributed by atoms with van der Waals surface area (Å²) in [7, 11) is -3.26. The van der Waals surface area contributed by atoms with Crippen molar-refractivity contribution in [2.24, 2.45) is 0 Å². The predicted molar refractivity (Wildman–Crippen MR) is 93.7 cm³/mol. The van der Waals surface area contributed by atoms with E-state index in [4.69, 9.17) is 0 Å². The van der Waals surface area contributed by atoms with Crippen LogP contribution in [-0.2, 0) is 10.0 Å².